The second-order valence-electron chi connectivity index (χ2n) is 9.15. The Balaban J connectivity index is 1.59. The summed E-state index contributed by atoms with van der Waals surface area (Å²) < 4.78 is 53.9. The van der Waals surface area contributed by atoms with Crippen molar-refractivity contribution >= 4 is 31.5 Å². The van der Waals surface area contributed by atoms with Crippen LogP contribution in [-0.4, -0.2) is 76.4 Å². The summed E-state index contributed by atoms with van der Waals surface area (Å²) in [5.74, 6) is -1.96. The van der Waals surface area contributed by atoms with Crippen molar-refractivity contribution in [3.05, 3.63) is 92.9 Å². The predicted octanol–water partition coefficient (Wildman–Crippen LogP) is 1.63. The number of ether oxygens (including phenoxy) is 4. The third kappa shape index (κ3) is 4.30. The standard InChI is InChI=1S/C27H23F2N3O7Se/c1-36-27(35)39-14-38-25-19(33)8-9-31-24(25)26(34)30-10-11-37-12-21(30)32(31)23-15-4-2-3-5-20(15)40-13-16-17(28)6-7-18(29)22(16)23/h2-9,21,23H,10-14H2,1H3/t21-,23-/m1/s1. The van der Waals surface area contributed by atoms with Crippen LogP contribution in [0.5, 0.6) is 5.75 Å². The molecule has 0 unspecified atom stereocenters. The van der Waals surface area contributed by atoms with E-state index < -0.39 is 48.1 Å². The van der Waals surface area contributed by atoms with E-state index in [9.17, 15) is 14.4 Å². The average molecular weight is 618 g/mol. The Labute approximate surface area is 233 Å². The summed E-state index contributed by atoms with van der Waals surface area (Å²) in [5.41, 5.74) is 0.429. The number of amides is 1. The van der Waals surface area contributed by atoms with Crippen LogP contribution in [0, 0.1) is 11.6 Å². The van der Waals surface area contributed by atoms with Crippen molar-refractivity contribution in [2.24, 2.45) is 0 Å². The van der Waals surface area contributed by atoms with Crippen LogP contribution >= 0.6 is 0 Å². The molecule has 2 aromatic carbocycles. The van der Waals surface area contributed by atoms with Crippen molar-refractivity contribution in [2.75, 3.05) is 38.7 Å². The number of morpholine rings is 1. The third-order valence-corrected chi connectivity index (χ3v) is 9.41. The van der Waals surface area contributed by atoms with E-state index in [0.29, 0.717) is 5.32 Å². The van der Waals surface area contributed by atoms with E-state index in [2.05, 4.69) is 4.74 Å². The fraction of sp³-hybridized carbons (Fsp3) is 0.296. The Morgan fingerprint density at radius 2 is 1.93 bits per heavy atom. The molecule has 0 bridgehead atoms. The van der Waals surface area contributed by atoms with Gasteiger partial charge in [0.1, 0.15) is 0 Å². The molecule has 3 aliphatic rings. The van der Waals surface area contributed by atoms with Gasteiger partial charge >= 0.3 is 226 Å². The van der Waals surface area contributed by atoms with Crippen LogP contribution in [0.2, 0.25) is 0 Å². The van der Waals surface area contributed by atoms with Crippen molar-refractivity contribution in [1.29, 1.82) is 0 Å². The van der Waals surface area contributed by atoms with Crippen molar-refractivity contribution in [2.45, 2.75) is 17.5 Å². The maximum absolute atomic E-state index is 15.8. The number of rotatable bonds is 4. The molecule has 1 saturated heterocycles. The summed E-state index contributed by atoms with van der Waals surface area (Å²) >= 11 is -0.199. The number of nitrogens with zero attached hydrogens (tertiary/aromatic N) is 3. The van der Waals surface area contributed by atoms with Gasteiger partial charge < -0.3 is 0 Å². The molecular formula is C27H23F2N3O7Se. The number of pyridine rings is 1. The van der Waals surface area contributed by atoms with E-state index in [4.69, 9.17) is 14.2 Å². The normalized spacial score (nSPS) is 19.5. The maximum atomic E-state index is 15.8. The molecular weight excluding hydrogens is 595 g/mol. The summed E-state index contributed by atoms with van der Waals surface area (Å²) in [5, 5.41) is 2.08. The molecule has 1 aromatic heterocycles. The zero-order valence-electron chi connectivity index (χ0n) is 21.2. The second-order valence-corrected chi connectivity index (χ2v) is 11.3. The minimum absolute atomic E-state index is 0.0923. The molecule has 3 aromatic rings. The molecule has 10 nitrogen and oxygen atoms in total. The van der Waals surface area contributed by atoms with Crippen molar-refractivity contribution < 1.29 is 37.3 Å². The van der Waals surface area contributed by atoms with Gasteiger partial charge in [0.05, 0.1) is 7.11 Å². The van der Waals surface area contributed by atoms with Crippen LogP contribution in [0.15, 0.2) is 53.5 Å². The number of fused-ring (bicyclic) bond motifs is 4. The monoisotopic (exact) mass is 619 g/mol. The Hall–Kier alpha value is -3.93. The molecule has 3 aliphatic heterocycles. The summed E-state index contributed by atoms with van der Waals surface area (Å²) in [4.78, 5) is 39.7. The summed E-state index contributed by atoms with van der Waals surface area (Å²) in [6.07, 6.45) is -0.336. The second kappa shape index (κ2) is 10.6. The van der Waals surface area contributed by atoms with Crippen LogP contribution in [0.4, 0.5) is 13.6 Å². The average Bonchev–Trinajstić information content (AvgIpc) is 3.14. The third-order valence-electron chi connectivity index (χ3n) is 7.07. The van der Waals surface area contributed by atoms with Gasteiger partial charge in [-0.2, -0.15) is 0 Å². The Morgan fingerprint density at radius 1 is 1.12 bits per heavy atom. The molecule has 4 heterocycles. The van der Waals surface area contributed by atoms with Gasteiger partial charge in [-0.15, -0.1) is 0 Å². The van der Waals surface area contributed by atoms with Gasteiger partial charge in [0.2, 0.25) is 0 Å². The molecule has 208 valence electrons. The quantitative estimate of drug-likeness (QED) is 0.247. The van der Waals surface area contributed by atoms with E-state index in [-0.39, 0.29) is 57.3 Å². The molecule has 0 N–H and O–H groups in total. The number of carbonyl (C=O) groups excluding carboxylic acids is 2. The van der Waals surface area contributed by atoms with E-state index in [1.54, 1.807) is 5.01 Å². The summed E-state index contributed by atoms with van der Waals surface area (Å²) in [7, 11) is 1.12. The topological polar surface area (TPSA) is 99.5 Å². The van der Waals surface area contributed by atoms with Gasteiger partial charge in [0.25, 0.3) is 0 Å². The van der Waals surface area contributed by atoms with Gasteiger partial charge in [-0.25, -0.2) is 0 Å². The van der Waals surface area contributed by atoms with Crippen LogP contribution in [-0.2, 0) is 19.5 Å². The number of benzene rings is 2. The van der Waals surface area contributed by atoms with E-state index >= 15 is 8.78 Å². The number of aromatic nitrogens is 1. The first-order valence-electron chi connectivity index (χ1n) is 12.4. The molecule has 1 amide bonds. The van der Waals surface area contributed by atoms with Gasteiger partial charge in [-0.05, 0) is 0 Å². The molecule has 0 radical (unpaired) electrons. The first-order valence-corrected chi connectivity index (χ1v) is 14.4. The Morgan fingerprint density at radius 3 is 2.75 bits per heavy atom. The number of hydrogen-bond donors (Lipinski definition) is 0. The van der Waals surface area contributed by atoms with Crippen LogP contribution in [0.25, 0.3) is 0 Å². The van der Waals surface area contributed by atoms with E-state index in [0.717, 1.165) is 29.3 Å². The fourth-order valence-electron chi connectivity index (χ4n) is 5.32. The first-order chi connectivity index (χ1) is 19.4. The molecule has 0 saturated carbocycles. The Bertz CT molecular complexity index is 1570. The van der Waals surface area contributed by atoms with Crippen LogP contribution < -0.4 is 19.6 Å². The number of hydrogen-bond acceptors (Lipinski definition) is 8. The molecule has 2 atom stereocenters. The molecule has 0 spiro atoms. The Kier molecular flexibility index (Phi) is 6.95. The fourth-order valence-corrected chi connectivity index (χ4v) is 7.66. The number of carbonyl (C=O) groups is 2. The van der Waals surface area contributed by atoms with E-state index in [1.807, 2.05) is 24.3 Å². The van der Waals surface area contributed by atoms with Gasteiger partial charge in [-0.1, -0.05) is 0 Å². The van der Waals surface area contributed by atoms with E-state index in [1.165, 1.54) is 21.8 Å². The molecule has 1 fully saturated rings. The summed E-state index contributed by atoms with van der Waals surface area (Å²) in [6.45, 7) is -0.151. The van der Waals surface area contributed by atoms with Crippen LogP contribution in [0.1, 0.15) is 33.2 Å². The van der Waals surface area contributed by atoms with Gasteiger partial charge in [-0.3, -0.25) is 0 Å². The van der Waals surface area contributed by atoms with Crippen LogP contribution in [0.3, 0.4) is 0 Å². The first kappa shape index (κ1) is 26.3. The number of methoxy groups -OCH3 is 1. The predicted molar refractivity (Wildman–Crippen MR) is 137 cm³/mol. The summed E-state index contributed by atoms with van der Waals surface area (Å²) in [6, 6.07) is 10.1. The SMILES string of the molecule is COC(=O)OCOc1c2n(ccc1=O)N([C@@H]1c3ccccc3[Se]Cc3c(F)ccc(F)c31)[C@@H]1COCCN1C2=O. The van der Waals surface area contributed by atoms with Gasteiger partial charge in [0.15, 0.2) is 0 Å². The zero-order valence-corrected chi connectivity index (χ0v) is 22.9. The zero-order chi connectivity index (χ0) is 28.0. The molecule has 6 rings (SSSR count). The number of halogens is 2. The minimum atomic E-state index is -1.03. The molecule has 0 aliphatic carbocycles. The van der Waals surface area contributed by atoms with Gasteiger partial charge in [0, 0.05) is 0 Å². The molecule has 40 heavy (non-hydrogen) atoms. The van der Waals surface area contributed by atoms with Crippen molar-refractivity contribution in [3.8, 4) is 5.75 Å². The van der Waals surface area contributed by atoms with Crippen molar-refractivity contribution in [1.82, 2.24) is 9.58 Å². The van der Waals surface area contributed by atoms with Crippen molar-refractivity contribution in [3.63, 3.8) is 0 Å². The molecule has 13 heteroatoms.